The van der Waals surface area contributed by atoms with Gasteiger partial charge in [0.05, 0.1) is 19.8 Å². The molecule has 5 nitrogen and oxygen atoms in total. The van der Waals surface area contributed by atoms with Crippen LogP contribution in [0.15, 0.2) is 18.2 Å². The van der Waals surface area contributed by atoms with Gasteiger partial charge in [0.25, 0.3) is 5.91 Å². The molecule has 0 spiro atoms. The van der Waals surface area contributed by atoms with Crippen LogP contribution in [-0.4, -0.2) is 59.0 Å². The average molecular weight is 291 g/mol. The molecule has 0 radical (unpaired) electrons. The summed E-state index contributed by atoms with van der Waals surface area (Å²) in [6, 6.07) is 5.30. The molecule has 1 aromatic carbocycles. The van der Waals surface area contributed by atoms with E-state index in [2.05, 4.69) is 11.8 Å². The standard InChI is InChI=1S/C16H21NO4/c1-13-10-14(4-2-3-7-18)12-15(11-13)16(21)17(5-8-19)6-9-20/h10-12,18-20H,3,5-9H2,1H3. The van der Waals surface area contributed by atoms with Crippen molar-refractivity contribution in [2.75, 3.05) is 32.9 Å². The fourth-order valence-corrected chi connectivity index (χ4v) is 1.94. The zero-order valence-corrected chi connectivity index (χ0v) is 12.2. The number of carbonyl (C=O) groups is 1. The van der Waals surface area contributed by atoms with E-state index >= 15 is 0 Å². The summed E-state index contributed by atoms with van der Waals surface area (Å²) in [5, 5.41) is 26.7. The number of amides is 1. The van der Waals surface area contributed by atoms with Crippen molar-refractivity contribution in [1.29, 1.82) is 0 Å². The van der Waals surface area contributed by atoms with Crippen LogP contribution in [0.1, 0.15) is 27.9 Å². The first-order valence-corrected chi connectivity index (χ1v) is 6.84. The monoisotopic (exact) mass is 291 g/mol. The van der Waals surface area contributed by atoms with E-state index in [0.717, 1.165) is 5.56 Å². The molecule has 0 unspecified atom stereocenters. The summed E-state index contributed by atoms with van der Waals surface area (Å²) in [5.74, 6) is 5.48. The van der Waals surface area contributed by atoms with Crippen molar-refractivity contribution in [3.63, 3.8) is 0 Å². The zero-order valence-electron chi connectivity index (χ0n) is 12.2. The largest absolute Gasteiger partial charge is 0.395 e. The number of nitrogens with zero attached hydrogens (tertiary/aromatic N) is 1. The van der Waals surface area contributed by atoms with E-state index in [1.54, 1.807) is 12.1 Å². The zero-order chi connectivity index (χ0) is 15.7. The average Bonchev–Trinajstić information content (AvgIpc) is 2.46. The SMILES string of the molecule is Cc1cc(C#CCCO)cc(C(=O)N(CCO)CCO)c1. The highest BCUT2D eigenvalue weighted by atomic mass is 16.3. The lowest BCUT2D eigenvalue weighted by Crippen LogP contribution is -2.35. The quantitative estimate of drug-likeness (QED) is 0.652. The fraction of sp³-hybridized carbons (Fsp3) is 0.438. The number of aryl methyl sites for hydroxylation is 1. The molecule has 0 aliphatic heterocycles. The van der Waals surface area contributed by atoms with Crippen LogP contribution < -0.4 is 0 Å². The van der Waals surface area contributed by atoms with Crippen LogP contribution in [0.3, 0.4) is 0 Å². The second-order valence-electron chi connectivity index (χ2n) is 4.60. The Morgan fingerprint density at radius 1 is 1.10 bits per heavy atom. The van der Waals surface area contributed by atoms with E-state index in [1.807, 2.05) is 13.0 Å². The minimum absolute atomic E-state index is 0.00534. The predicted molar refractivity (Wildman–Crippen MR) is 79.8 cm³/mol. The highest BCUT2D eigenvalue weighted by molar-refractivity contribution is 5.94. The molecule has 0 fully saturated rings. The molecule has 5 heteroatoms. The van der Waals surface area contributed by atoms with Gasteiger partial charge in [-0.2, -0.15) is 0 Å². The van der Waals surface area contributed by atoms with Gasteiger partial charge in [0.15, 0.2) is 0 Å². The van der Waals surface area contributed by atoms with E-state index in [9.17, 15) is 4.79 Å². The summed E-state index contributed by atoms with van der Waals surface area (Å²) >= 11 is 0. The fourth-order valence-electron chi connectivity index (χ4n) is 1.94. The van der Waals surface area contributed by atoms with E-state index in [0.29, 0.717) is 17.5 Å². The first kappa shape index (κ1) is 17.2. The number of carbonyl (C=O) groups excluding carboxylic acids is 1. The molecule has 1 amide bonds. The molecule has 0 bridgehead atoms. The normalized spacial score (nSPS) is 9.90. The molecule has 0 aliphatic carbocycles. The lowest BCUT2D eigenvalue weighted by Gasteiger charge is -2.21. The minimum atomic E-state index is -0.244. The molecule has 0 atom stereocenters. The van der Waals surface area contributed by atoms with Gasteiger partial charge in [-0.3, -0.25) is 4.79 Å². The van der Waals surface area contributed by atoms with Gasteiger partial charge in [-0.15, -0.1) is 0 Å². The highest BCUT2D eigenvalue weighted by Gasteiger charge is 2.15. The lowest BCUT2D eigenvalue weighted by atomic mass is 10.1. The third kappa shape index (κ3) is 5.56. The van der Waals surface area contributed by atoms with E-state index in [1.165, 1.54) is 4.90 Å². The third-order valence-corrected chi connectivity index (χ3v) is 2.82. The Bertz CT molecular complexity index is 525. The Morgan fingerprint density at radius 3 is 2.33 bits per heavy atom. The van der Waals surface area contributed by atoms with Crippen LogP contribution in [-0.2, 0) is 0 Å². The van der Waals surface area contributed by atoms with E-state index < -0.39 is 0 Å². The molecule has 0 aliphatic rings. The molecule has 114 valence electrons. The summed E-state index contributed by atoms with van der Waals surface area (Å²) in [6.45, 7) is 1.93. The maximum absolute atomic E-state index is 12.4. The summed E-state index contributed by atoms with van der Waals surface area (Å²) in [5.41, 5.74) is 2.09. The summed E-state index contributed by atoms with van der Waals surface area (Å²) in [6.07, 6.45) is 0.387. The first-order chi connectivity index (χ1) is 10.1. The Labute approximate surface area is 124 Å². The molecule has 0 saturated carbocycles. The van der Waals surface area contributed by atoms with Crippen molar-refractivity contribution < 1.29 is 20.1 Å². The first-order valence-electron chi connectivity index (χ1n) is 6.84. The molecule has 1 aromatic rings. The number of hydrogen-bond acceptors (Lipinski definition) is 4. The maximum atomic E-state index is 12.4. The number of benzene rings is 1. The van der Waals surface area contributed by atoms with Crippen LogP contribution >= 0.6 is 0 Å². The van der Waals surface area contributed by atoms with Crippen LogP contribution in [0.4, 0.5) is 0 Å². The molecule has 0 aromatic heterocycles. The molecule has 1 rings (SSSR count). The lowest BCUT2D eigenvalue weighted by molar-refractivity contribution is 0.0684. The molecule has 0 heterocycles. The van der Waals surface area contributed by atoms with Gasteiger partial charge < -0.3 is 20.2 Å². The Balaban J connectivity index is 3.00. The third-order valence-electron chi connectivity index (χ3n) is 2.82. The number of aliphatic hydroxyl groups is 3. The number of hydrogen-bond donors (Lipinski definition) is 3. The smallest absolute Gasteiger partial charge is 0.254 e. The van der Waals surface area contributed by atoms with Gasteiger partial charge in [-0.25, -0.2) is 0 Å². The molecular formula is C16H21NO4. The van der Waals surface area contributed by atoms with Crippen LogP contribution in [0.5, 0.6) is 0 Å². The topological polar surface area (TPSA) is 81.0 Å². The molecule has 21 heavy (non-hydrogen) atoms. The summed E-state index contributed by atoms with van der Waals surface area (Å²) in [4.78, 5) is 13.8. The minimum Gasteiger partial charge on any atom is -0.395 e. The second kappa shape index (κ2) is 9.14. The van der Waals surface area contributed by atoms with Crippen molar-refractivity contribution in [2.45, 2.75) is 13.3 Å². The van der Waals surface area contributed by atoms with Gasteiger partial charge in [0.2, 0.25) is 0 Å². The Morgan fingerprint density at radius 2 is 1.76 bits per heavy atom. The van der Waals surface area contributed by atoms with E-state index in [-0.39, 0.29) is 38.8 Å². The van der Waals surface area contributed by atoms with Crippen molar-refractivity contribution in [3.05, 3.63) is 34.9 Å². The molecular weight excluding hydrogens is 270 g/mol. The van der Waals surface area contributed by atoms with Crippen LogP contribution in [0, 0.1) is 18.8 Å². The Kier molecular flexibility index (Phi) is 7.48. The van der Waals surface area contributed by atoms with Gasteiger partial charge >= 0.3 is 0 Å². The molecule has 0 saturated heterocycles. The van der Waals surface area contributed by atoms with Gasteiger partial charge in [-0.1, -0.05) is 11.8 Å². The van der Waals surface area contributed by atoms with Crippen LogP contribution in [0.25, 0.3) is 0 Å². The maximum Gasteiger partial charge on any atom is 0.254 e. The highest BCUT2D eigenvalue weighted by Crippen LogP contribution is 2.12. The molecule has 3 N–H and O–H groups in total. The summed E-state index contributed by atoms with van der Waals surface area (Å²) in [7, 11) is 0. The van der Waals surface area contributed by atoms with Crippen molar-refractivity contribution in [2.24, 2.45) is 0 Å². The predicted octanol–water partition coefficient (Wildman–Crippen LogP) is 0.156. The summed E-state index contributed by atoms with van der Waals surface area (Å²) < 4.78 is 0. The van der Waals surface area contributed by atoms with E-state index in [4.69, 9.17) is 15.3 Å². The van der Waals surface area contributed by atoms with Gasteiger partial charge in [0.1, 0.15) is 0 Å². The second-order valence-corrected chi connectivity index (χ2v) is 4.60. The van der Waals surface area contributed by atoms with Crippen LogP contribution in [0.2, 0.25) is 0 Å². The van der Waals surface area contributed by atoms with Gasteiger partial charge in [-0.05, 0) is 30.7 Å². The van der Waals surface area contributed by atoms with Gasteiger partial charge in [0, 0.05) is 30.6 Å². The number of rotatable bonds is 6. The van der Waals surface area contributed by atoms with Crippen molar-refractivity contribution in [1.82, 2.24) is 4.90 Å². The van der Waals surface area contributed by atoms with Crippen molar-refractivity contribution >= 4 is 5.91 Å². The number of aliphatic hydroxyl groups excluding tert-OH is 3. The van der Waals surface area contributed by atoms with Crippen molar-refractivity contribution in [3.8, 4) is 11.8 Å². The Hall–Kier alpha value is -1.87.